The van der Waals surface area contributed by atoms with Gasteiger partial charge in [0.05, 0.1) is 18.6 Å². The second kappa shape index (κ2) is 8.85. The summed E-state index contributed by atoms with van der Waals surface area (Å²) < 4.78 is 45.0. The van der Waals surface area contributed by atoms with E-state index in [0.29, 0.717) is 18.0 Å². The van der Waals surface area contributed by atoms with E-state index in [9.17, 15) is 17.6 Å². The molecule has 0 heterocycles. The number of ether oxygens (including phenoxy) is 1. The van der Waals surface area contributed by atoms with Crippen molar-refractivity contribution in [2.75, 3.05) is 22.5 Å². The van der Waals surface area contributed by atoms with E-state index < -0.39 is 27.8 Å². The smallest absolute Gasteiger partial charge is 0.248 e. The van der Waals surface area contributed by atoms with Crippen molar-refractivity contribution in [1.82, 2.24) is 0 Å². The summed E-state index contributed by atoms with van der Waals surface area (Å²) in [6.45, 7) is 4.06. The number of nitrogens with zero attached hydrogens (tertiary/aromatic N) is 1. The van der Waals surface area contributed by atoms with E-state index in [1.165, 1.54) is 18.2 Å². The fourth-order valence-corrected chi connectivity index (χ4v) is 3.91. The van der Waals surface area contributed by atoms with Gasteiger partial charge in [0.25, 0.3) is 0 Å². The van der Waals surface area contributed by atoms with Crippen molar-refractivity contribution in [1.29, 1.82) is 0 Å². The number of para-hydroxylation sites is 1. The normalized spacial score (nSPS) is 12.3. The van der Waals surface area contributed by atoms with E-state index in [1.807, 2.05) is 6.92 Å². The van der Waals surface area contributed by atoms with Crippen LogP contribution in [0.25, 0.3) is 0 Å². The molecular formula is C19H23FN2O4S. The van der Waals surface area contributed by atoms with E-state index >= 15 is 0 Å². The molecule has 2 aromatic carbocycles. The Balaban J connectivity index is 2.31. The average Bonchev–Trinajstić information content (AvgIpc) is 2.61. The van der Waals surface area contributed by atoms with E-state index in [1.54, 1.807) is 31.2 Å². The van der Waals surface area contributed by atoms with Gasteiger partial charge in [0.15, 0.2) is 0 Å². The van der Waals surface area contributed by atoms with Gasteiger partial charge in [0, 0.05) is 5.69 Å². The van der Waals surface area contributed by atoms with Crippen LogP contribution >= 0.6 is 0 Å². The van der Waals surface area contributed by atoms with Gasteiger partial charge in [-0.15, -0.1) is 0 Å². The first-order valence-corrected chi connectivity index (χ1v) is 10.4. The first-order valence-electron chi connectivity index (χ1n) is 8.55. The summed E-state index contributed by atoms with van der Waals surface area (Å²) in [6.07, 6.45) is 1.12. The molecule has 1 N–H and O–H groups in total. The Morgan fingerprint density at radius 1 is 1.15 bits per heavy atom. The van der Waals surface area contributed by atoms with Gasteiger partial charge < -0.3 is 10.1 Å². The molecule has 0 aliphatic carbocycles. The number of benzene rings is 2. The molecule has 6 nitrogen and oxygen atoms in total. The maximum absolute atomic E-state index is 14.2. The number of amides is 1. The van der Waals surface area contributed by atoms with Crippen LogP contribution in [-0.4, -0.2) is 33.2 Å². The second-order valence-electron chi connectivity index (χ2n) is 5.88. The van der Waals surface area contributed by atoms with Gasteiger partial charge in [-0.05, 0) is 49.7 Å². The van der Waals surface area contributed by atoms with Crippen molar-refractivity contribution in [3.63, 3.8) is 0 Å². The first-order chi connectivity index (χ1) is 12.8. The Morgan fingerprint density at radius 2 is 1.78 bits per heavy atom. The summed E-state index contributed by atoms with van der Waals surface area (Å²) in [5.41, 5.74) is 0.331. The summed E-state index contributed by atoms with van der Waals surface area (Å²) in [7, 11) is -3.89. The fourth-order valence-electron chi connectivity index (χ4n) is 2.69. The Bertz CT molecular complexity index is 885. The molecule has 0 aromatic heterocycles. The molecule has 1 atom stereocenters. The molecule has 146 valence electrons. The maximum atomic E-state index is 14.2. The van der Waals surface area contributed by atoms with Gasteiger partial charge in [-0.25, -0.2) is 12.8 Å². The molecule has 27 heavy (non-hydrogen) atoms. The number of sulfonamides is 1. The SMILES string of the molecule is CCOc1ccc(NC(=O)[C@@H](CC)N(c2ccccc2F)S(C)(=O)=O)cc1. The molecule has 0 fully saturated rings. The minimum Gasteiger partial charge on any atom is -0.494 e. The minimum atomic E-state index is -3.89. The predicted molar refractivity (Wildman–Crippen MR) is 104 cm³/mol. The molecule has 0 radical (unpaired) electrons. The zero-order valence-corrected chi connectivity index (χ0v) is 16.3. The van der Waals surface area contributed by atoms with E-state index in [0.717, 1.165) is 16.6 Å². The summed E-state index contributed by atoms with van der Waals surface area (Å²) in [5, 5.41) is 2.68. The van der Waals surface area contributed by atoms with E-state index in [-0.39, 0.29) is 12.1 Å². The zero-order valence-electron chi connectivity index (χ0n) is 15.5. The van der Waals surface area contributed by atoms with Crippen molar-refractivity contribution >= 4 is 27.3 Å². The Kier molecular flexibility index (Phi) is 6.79. The largest absolute Gasteiger partial charge is 0.494 e. The van der Waals surface area contributed by atoms with E-state index in [4.69, 9.17) is 4.74 Å². The molecule has 0 saturated heterocycles. The number of halogens is 1. The van der Waals surface area contributed by atoms with Crippen LogP contribution in [0.3, 0.4) is 0 Å². The molecular weight excluding hydrogens is 371 g/mol. The maximum Gasteiger partial charge on any atom is 0.248 e. The average molecular weight is 394 g/mol. The van der Waals surface area contributed by atoms with Crippen molar-refractivity contribution in [3.8, 4) is 5.75 Å². The highest BCUT2D eigenvalue weighted by atomic mass is 32.2. The summed E-state index contributed by atoms with van der Waals surface area (Å²) in [5.74, 6) is -0.600. The topological polar surface area (TPSA) is 75.7 Å². The second-order valence-corrected chi connectivity index (χ2v) is 7.74. The van der Waals surface area contributed by atoms with Crippen LogP contribution in [0.2, 0.25) is 0 Å². The summed E-state index contributed by atoms with van der Waals surface area (Å²) in [4.78, 5) is 12.8. The Labute approximate surface area is 159 Å². The molecule has 0 aliphatic rings. The molecule has 0 saturated carbocycles. The van der Waals surface area contributed by atoms with Crippen LogP contribution in [0, 0.1) is 5.82 Å². The number of hydrogen-bond acceptors (Lipinski definition) is 4. The third-order valence-corrected chi connectivity index (χ3v) is 5.02. The molecule has 8 heteroatoms. The molecule has 0 spiro atoms. The van der Waals surface area contributed by atoms with Crippen molar-refractivity contribution in [3.05, 3.63) is 54.3 Å². The number of carbonyl (C=O) groups excluding carboxylic acids is 1. The van der Waals surface area contributed by atoms with Gasteiger partial charge in [0.1, 0.15) is 17.6 Å². The van der Waals surface area contributed by atoms with Gasteiger partial charge in [-0.3, -0.25) is 9.10 Å². The Hall–Kier alpha value is -2.61. The van der Waals surface area contributed by atoms with Gasteiger partial charge >= 0.3 is 0 Å². The van der Waals surface area contributed by atoms with Crippen LogP contribution in [0.4, 0.5) is 15.8 Å². The zero-order chi connectivity index (χ0) is 20.0. The number of rotatable bonds is 8. The number of nitrogens with one attached hydrogen (secondary N) is 1. The van der Waals surface area contributed by atoms with E-state index in [2.05, 4.69) is 5.32 Å². The molecule has 1 amide bonds. The monoisotopic (exact) mass is 394 g/mol. The van der Waals surface area contributed by atoms with Crippen LogP contribution in [0.15, 0.2) is 48.5 Å². The molecule has 0 aliphatic heterocycles. The lowest BCUT2D eigenvalue weighted by molar-refractivity contribution is -0.117. The van der Waals surface area contributed by atoms with Crippen molar-refractivity contribution in [2.45, 2.75) is 26.3 Å². The third kappa shape index (κ3) is 5.19. The van der Waals surface area contributed by atoms with Crippen molar-refractivity contribution < 1.29 is 22.3 Å². The minimum absolute atomic E-state index is 0.159. The lowest BCUT2D eigenvalue weighted by Crippen LogP contribution is -2.47. The summed E-state index contributed by atoms with van der Waals surface area (Å²) in [6, 6.07) is 11.1. The highest BCUT2D eigenvalue weighted by Crippen LogP contribution is 2.26. The van der Waals surface area contributed by atoms with Gasteiger partial charge in [-0.1, -0.05) is 19.1 Å². The highest BCUT2D eigenvalue weighted by Gasteiger charge is 2.33. The highest BCUT2D eigenvalue weighted by molar-refractivity contribution is 7.92. The van der Waals surface area contributed by atoms with Gasteiger partial charge in [0.2, 0.25) is 15.9 Å². The molecule has 2 rings (SSSR count). The van der Waals surface area contributed by atoms with Crippen LogP contribution in [0.5, 0.6) is 5.75 Å². The molecule has 0 unspecified atom stereocenters. The number of carbonyl (C=O) groups is 1. The van der Waals surface area contributed by atoms with Crippen LogP contribution in [0.1, 0.15) is 20.3 Å². The molecule has 0 bridgehead atoms. The summed E-state index contributed by atoms with van der Waals surface area (Å²) >= 11 is 0. The molecule has 2 aromatic rings. The third-order valence-electron chi connectivity index (χ3n) is 3.85. The first kappa shape index (κ1) is 20.7. The van der Waals surface area contributed by atoms with Crippen molar-refractivity contribution in [2.24, 2.45) is 0 Å². The van der Waals surface area contributed by atoms with Crippen LogP contribution < -0.4 is 14.4 Å². The standard InChI is InChI=1S/C19H23FN2O4S/c1-4-17(19(23)21-14-10-12-15(13-11-14)26-5-2)22(27(3,24)25)18-9-7-6-8-16(18)20/h6-13,17H,4-5H2,1-3H3,(H,21,23)/t17-/m1/s1. The van der Waals surface area contributed by atoms with Gasteiger partial charge in [-0.2, -0.15) is 0 Å². The number of anilines is 2. The van der Waals surface area contributed by atoms with Crippen LogP contribution in [-0.2, 0) is 14.8 Å². The lowest BCUT2D eigenvalue weighted by Gasteiger charge is -2.30. The predicted octanol–water partition coefficient (Wildman–Crippen LogP) is 3.41. The number of hydrogen-bond donors (Lipinski definition) is 1. The lowest BCUT2D eigenvalue weighted by atomic mass is 10.1. The quantitative estimate of drug-likeness (QED) is 0.745. The Morgan fingerprint density at radius 3 is 2.30 bits per heavy atom. The fraction of sp³-hybridized carbons (Fsp3) is 0.316.